The minimum Gasteiger partial charge on any atom is -0.473 e. The van der Waals surface area contributed by atoms with Crippen LogP contribution in [0.5, 0.6) is 5.88 Å². The van der Waals surface area contributed by atoms with Crippen LogP contribution in [0.25, 0.3) is 11.5 Å². The Morgan fingerprint density at radius 3 is 2.73 bits per heavy atom. The first-order valence-electron chi connectivity index (χ1n) is 14.7. The number of nitriles is 1. The van der Waals surface area contributed by atoms with E-state index >= 15 is 0 Å². The van der Waals surface area contributed by atoms with Gasteiger partial charge in [0.1, 0.15) is 28.8 Å². The number of piperazine rings is 1. The first-order chi connectivity index (χ1) is 19.7. The van der Waals surface area contributed by atoms with Crippen molar-refractivity contribution in [2.45, 2.75) is 89.4 Å². The first kappa shape index (κ1) is 27.9. The molecule has 10 nitrogen and oxygen atoms in total. The lowest BCUT2D eigenvalue weighted by Gasteiger charge is -2.37. The molecule has 0 unspecified atom stereocenters. The molecule has 0 saturated carbocycles. The molecule has 2 fully saturated rings. The Hall–Kier alpha value is -3.20. The minimum absolute atomic E-state index is 0.0140. The number of hydrogen-bond acceptors (Lipinski definition) is 11. The predicted octanol–water partition coefficient (Wildman–Crippen LogP) is 4.34. The van der Waals surface area contributed by atoms with Gasteiger partial charge in [-0.05, 0) is 79.0 Å². The highest BCUT2D eigenvalue weighted by molar-refractivity contribution is 7.16. The molecule has 5 atom stereocenters. The van der Waals surface area contributed by atoms with E-state index in [1.54, 1.807) is 0 Å². The summed E-state index contributed by atoms with van der Waals surface area (Å²) in [7, 11) is 2.16. The molecule has 0 aromatic carbocycles. The molecule has 3 N–H and O–H groups in total. The number of aromatic nitrogens is 3. The molecule has 1 aliphatic carbocycles. The molecule has 2 saturated heterocycles. The number of likely N-dealkylation sites (tertiary alicyclic amines) is 1. The number of nitrogen functional groups attached to an aromatic ring is 1. The van der Waals surface area contributed by atoms with Crippen LogP contribution in [0.15, 0.2) is 16.7 Å². The zero-order valence-corrected chi connectivity index (χ0v) is 25.4. The van der Waals surface area contributed by atoms with Crippen molar-refractivity contribution in [3.05, 3.63) is 33.9 Å². The number of nitrogens with one attached hydrogen (secondary N) is 1. The second-order valence-electron chi connectivity index (χ2n) is 12.3. The van der Waals surface area contributed by atoms with E-state index in [9.17, 15) is 5.26 Å². The second-order valence-corrected chi connectivity index (χ2v) is 13.4. The van der Waals surface area contributed by atoms with Gasteiger partial charge in [0.25, 0.3) is 0 Å². The third-order valence-electron chi connectivity index (χ3n) is 9.03. The van der Waals surface area contributed by atoms with Gasteiger partial charge >= 0.3 is 0 Å². The molecule has 3 aromatic rings. The Morgan fingerprint density at radius 1 is 1.24 bits per heavy atom. The maximum absolute atomic E-state index is 9.90. The van der Waals surface area contributed by atoms with Gasteiger partial charge in [-0.15, -0.1) is 11.3 Å². The molecule has 6 rings (SSSR count). The molecule has 11 heteroatoms. The number of aryl methyl sites for hydroxylation is 1. The van der Waals surface area contributed by atoms with E-state index in [0.717, 1.165) is 61.6 Å². The Labute approximate surface area is 245 Å². The number of anilines is 2. The molecule has 5 heterocycles. The van der Waals surface area contributed by atoms with Gasteiger partial charge in [0.05, 0.1) is 11.0 Å². The summed E-state index contributed by atoms with van der Waals surface area (Å²) >= 11 is 1.52. The quantitative estimate of drug-likeness (QED) is 0.437. The van der Waals surface area contributed by atoms with Crippen LogP contribution in [0.3, 0.4) is 0 Å². The lowest BCUT2D eigenvalue weighted by Crippen LogP contribution is -2.54. The van der Waals surface area contributed by atoms with Crippen LogP contribution >= 0.6 is 11.3 Å². The summed E-state index contributed by atoms with van der Waals surface area (Å²) in [5, 5.41) is 18.5. The fourth-order valence-corrected chi connectivity index (χ4v) is 8.24. The maximum Gasteiger partial charge on any atom is 0.219 e. The standard InChI is InChI=1S/C30H40N8O2S/c1-17-15-38(16-18(2)33-17)25-13-26(39-19(3)22-8-7-11-37(22)5)35-29(34-25)21-12-24(40-36-21)30(4)10-6-9-23-27(30)20(14-31)28(32)41-23/h12-13,17-19,22,33H,6-11,15-16,32H2,1-5H3/t17-,18+,19-,22-,30+/m0/s1. The van der Waals surface area contributed by atoms with Crippen LogP contribution in [0.2, 0.25) is 0 Å². The summed E-state index contributed by atoms with van der Waals surface area (Å²) in [5.41, 5.74) is 7.85. The van der Waals surface area contributed by atoms with Gasteiger partial charge in [-0.1, -0.05) is 5.16 Å². The highest BCUT2D eigenvalue weighted by Gasteiger charge is 2.42. The molecular weight excluding hydrogens is 536 g/mol. The summed E-state index contributed by atoms with van der Waals surface area (Å²) in [6.07, 6.45) is 5.03. The van der Waals surface area contributed by atoms with Crippen LogP contribution in [-0.4, -0.2) is 70.9 Å². The molecule has 0 spiro atoms. The highest BCUT2D eigenvalue weighted by Crippen LogP contribution is 2.49. The molecule has 0 amide bonds. The summed E-state index contributed by atoms with van der Waals surface area (Å²) in [6, 6.07) is 7.25. The summed E-state index contributed by atoms with van der Waals surface area (Å²) < 4.78 is 12.5. The van der Waals surface area contributed by atoms with Crippen molar-refractivity contribution in [1.29, 1.82) is 5.26 Å². The van der Waals surface area contributed by atoms with Crippen LogP contribution in [0, 0.1) is 11.3 Å². The normalized spacial score (nSPS) is 27.4. The van der Waals surface area contributed by atoms with Gasteiger partial charge in [-0.25, -0.2) is 4.98 Å². The van der Waals surface area contributed by atoms with Gasteiger partial charge in [0.2, 0.25) is 5.88 Å². The monoisotopic (exact) mass is 576 g/mol. The zero-order chi connectivity index (χ0) is 28.9. The fourth-order valence-electron chi connectivity index (χ4n) is 7.04. The molecule has 3 aliphatic rings. The number of likely N-dealkylation sites (N-methyl/N-ethyl adjacent to an activating group) is 1. The third-order valence-corrected chi connectivity index (χ3v) is 10.1. The second kappa shape index (κ2) is 10.9. The molecular formula is C30H40N8O2S. The Morgan fingerprint density at radius 2 is 2.02 bits per heavy atom. The van der Waals surface area contributed by atoms with Crippen molar-refractivity contribution >= 4 is 22.2 Å². The van der Waals surface area contributed by atoms with Gasteiger partial charge < -0.3 is 25.2 Å². The number of fused-ring (bicyclic) bond motifs is 1. The molecule has 218 valence electrons. The number of ether oxygens (including phenoxy) is 1. The Bertz CT molecular complexity index is 1450. The number of nitrogens with zero attached hydrogens (tertiary/aromatic N) is 6. The van der Waals surface area contributed by atoms with Crippen molar-refractivity contribution in [2.24, 2.45) is 0 Å². The lowest BCUT2D eigenvalue weighted by atomic mass is 9.71. The van der Waals surface area contributed by atoms with Gasteiger partial charge in [-0.2, -0.15) is 10.2 Å². The van der Waals surface area contributed by atoms with E-state index in [2.05, 4.69) is 61.1 Å². The SMILES string of the molecule is C[C@@H]1CN(c2cc(O[C@@H](C)[C@@H]3CCCN3C)nc(-c3cc([C@@]4(C)CCCc5sc(N)c(C#N)c54)on3)n2)C[C@H](C)N1. The predicted molar refractivity (Wildman–Crippen MR) is 160 cm³/mol. The largest absolute Gasteiger partial charge is 0.473 e. The van der Waals surface area contributed by atoms with Crippen molar-refractivity contribution in [3.8, 4) is 23.5 Å². The van der Waals surface area contributed by atoms with Gasteiger partial charge in [0.15, 0.2) is 11.5 Å². The van der Waals surface area contributed by atoms with Crippen molar-refractivity contribution in [2.75, 3.05) is 37.3 Å². The molecule has 2 aliphatic heterocycles. The van der Waals surface area contributed by atoms with Crippen molar-refractivity contribution in [1.82, 2.24) is 25.3 Å². The van der Waals surface area contributed by atoms with Crippen molar-refractivity contribution in [3.63, 3.8) is 0 Å². The van der Waals surface area contributed by atoms with Crippen LogP contribution < -0.4 is 20.7 Å². The zero-order valence-electron chi connectivity index (χ0n) is 24.6. The van der Waals surface area contributed by atoms with E-state index in [1.807, 2.05) is 12.1 Å². The average Bonchev–Trinajstić information content (AvgIpc) is 3.67. The molecule has 41 heavy (non-hydrogen) atoms. The third kappa shape index (κ3) is 5.17. The van der Waals surface area contributed by atoms with Gasteiger partial charge in [0, 0.05) is 48.2 Å². The van der Waals surface area contributed by atoms with E-state index in [1.165, 1.54) is 17.8 Å². The maximum atomic E-state index is 9.90. The Kier molecular flexibility index (Phi) is 7.42. The van der Waals surface area contributed by atoms with Crippen molar-refractivity contribution < 1.29 is 9.26 Å². The van der Waals surface area contributed by atoms with Crippen LogP contribution in [0.4, 0.5) is 10.8 Å². The highest BCUT2D eigenvalue weighted by atomic mass is 32.1. The number of rotatable bonds is 6. The summed E-state index contributed by atoms with van der Waals surface area (Å²) in [4.78, 5) is 15.6. The minimum atomic E-state index is -0.500. The van der Waals surface area contributed by atoms with E-state index < -0.39 is 5.41 Å². The van der Waals surface area contributed by atoms with Gasteiger partial charge in [-0.3, -0.25) is 4.90 Å². The molecule has 0 radical (unpaired) electrons. The molecule has 0 bridgehead atoms. The first-order valence-corrected chi connectivity index (χ1v) is 15.5. The average molecular weight is 577 g/mol. The van der Waals surface area contributed by atoms with E-state index in [4.69, 9.17) is 25.0 Å². The smallest absolute Gasteiger partial charge is 0.219 e. The number of hydrogen-bond donors (Lipinski definition) is 2. The topological polar surface area (TPSA) is 129 Å². The lowest BCUT2D eigenvalue weighted by molar-refractivity contribution is 0.117. The van der Waals surface area contributed by atoms with E-state index in [0.29, 0.717) is 51.8 Å². The summed E-state index contributed by atoms with van der Waals surface area (Å²) in [6.45, 7) is 11.4. The van der Waals surface area contributed by atoms with Crippen LogP contribution in [-0.2, 0) is 11.8 Å². The van der Waals surface area contributed by atoms with Crippen LogP contribution in [0.1, 0.15) is 75.1 Å². The molecule has 3 aromatic heterocycles. The fraction of sp³-hybridized carbons (Fsp3) is 0.600. The Balaban J connectivity index is 1.37. The van der Waals surface area contributed by atoms with E-state index in [-0.39, 0.29) is 6.10 Å². The summed E-state index contributed by atoms with van der Waals surface area (Å²) in [5.74, 6) is 2.54. The number of nitrogens with two attached hydrogens (primary N) is 1. The number of thiophene rings is 1.